The maximum absolute atomic E-state index is 2.40. The second-order valence-electron chi connectivity index (χ2n) is 17.2. The van der Waals surface area contributed by atoms with Crippen molar-refractivity contribution < 1.29 is 0 Å². The Labute approximate surface area is 383 Å². The Morgan fingerprint density at radius 1 is 0.258 bits per heavy atom. The molecular formula is C64H42N2. The molecule has 0 spiro atoms. The lowest BCUT2D eigenvalue weighted by Crippen LogP contribution is -2.10. The van der Waals surface area contributed by atoms with Crippen molar-refractivity contribution in [3.05, 3.63) is 255 Å². The van der Waals surface area contributed by atoms with Gasteiger partial charge < -0.3 is 9.47 Å². The molecule has 308 valence electrons. The molecule has 0 saturated carbocycles. The lowest BCUT2D eigenvalue weighted by Gasteiger charge is -2.26. The average Bonchev–Trinajstić information content (AvgIpc) is 3.72. The summed E-state index contributed by atoms with van der Waals surface area (Å²) in [5.74, 6) is 0. The van der Waals surface area contributed by atoms with Crippen molar-refractivity contribution in [1.29, 1.82) is 0 Å². The first-order valence-electron chi connectivity index (χ1n) is 22.8. The number of nitrogens with zero attached hydrogens (tertiary/aromatic N) is 2. The van der Waals surface area contributed by atoms with Crippen LogP contribution in [-0.4, -0.2) is 4.57 Å². The predicted molar refractivity (Wildman–Crippen MR) is 282 cm³/mol. The smallest absolute Gasteiger partial charge is 0.0542 e. The van der Waals surface area contributed by atoms with Crippen LogP contribution in [0.4, 0.5) is 17.1 Å². The maximum Gasteiger partial charge on any atom is 0.0542 e. The van der Waals surface area contributed by atoms with E-state index in [1.807, 2.05) is 0 Å². The molecule has 1 heterocycles. The largest absolute Gasteiger partial charge is 0.310 e. The van der Waals surface area contributed by atoms with E-state index in [0.29, 0.717) is 0 Å². The van der Waals surface area contributed by atoms with Gasteiger partial charge in [-0.3, -0.25) is 0 Å². The van der Waals surface area contributed by atoms with Crippen molar-refractivity contribution in [2.24, 2.45) is 0 Å². The molecule has 66 heavy (non-hydrogen) atoms. The molecule has 13 aromatic rings. The fraction of sp³-hybridized carbons (Fsp3) is 0. The highest BCUT2D eigenvalue weighted by Gasteiger charge is 2.21. The Morgan fingerprint density at radius 3 is 1.45 bits per heavy atom. The SMILES string of the molecule is c1ccc(-n2c3ccccc3c3cc(N(c4ccc(-c5ccc6ccccc6c5)cc4)c4ccc(-c5c6ccccc6c(-c6cccc7ccccc67)c6ccccc56)cc4)ccc32)cc1. The van der Waals surface area contributed by atoms with Gasteiger partial charge in [-0.05, 0) is 143 Å². The molecular weight excluding hydrogens is 797 g/mol. The van der Waals surface area contributed by atoms with Crippen LogP contribution in [0, 0.1) is 0 Å². The van der Waals surface area contributed by atoms with Gasteiger partial charge in [0.2, 0.25) is 0 Å². The van der Waals surface area contributed by atoms with Gasteiger partial charge in [0.05, 0.1) is 11.0 Å². The van der Waals surface area contributed by atoms with Crippen molar-refractivity contribution >= 4 is 82.0 Å². The fourth-order valence-corrected chi connectivity index (χ4v) is 10.5. The molecule has 1 aromatic heterocycles. The van der Waals surface area contributed by atoms with Gasteiger partial charge in [-0.1, -0.05) is 188 Å². The van der Waals surface area contributed by atoms with Gasteiger partial charge in [0.25, 0.3) is 0 Å². The zero-order chi connectivity index (χ0) is 43.6. The van der Waals surface area contributed by atoms with Gasteiger partial charge in [0, 0.05) is 33.5 Å². The molecule has 0 radical (unpaired) electrons. The maximum atomic E-state index is 2.40. The number of benzene rings is 12. The number of aromatic nitrogens is 1. The van der Waals surface area contributed by atoms with Crippen LogP contribution in [0.2, 0.25) is 0 Å². The van der Waals surface area contributed by atoms with Crippen LogP contribution in [-0.2, 0) is 0 Å². The molecule has 0 amide bonds. The van der Waals surface area contributed by atoms with E-state index in [9.17, 15) is 0 Å². The summed E-state index contributed by atoms with van der Waals surface area (Å²) in [7, 11) is 0. The molecule has 0 aliphatic rings. The van der Waals surface area contributed by atoms with Crippen molar-refractivity contribution in [3.63, 3.8) is 0 Å². The first-order valence-corrected chi connectivity index (χ1v) is 22.8. The molecule has 0 N–H and O–H groups in total. The van der Waals surface area contributed by atoms with Gasteiger partial charge in [0.1, 0.15) is 0 Å². The third-order valence-electron chi connectivity index (χ3n) is 13.5. The molecule has 13 rings (SSSR count). The minimum absolute atomic E-state index is 1.09. The Balaban J connectivity index is 0.978. The molecule has 0 fully saturated rings. The molecule has 2 heteroatoms. The number of anilines is 3. The third-order valence-corrected chi connectivity index (χ3v) is 13.5. The van der Waals surface area contributed by atoms with Crippen molar-refractivity contribution in [3.8, 4) is 39.1 Å². The van der Waals surface area contributed by atoms with Crippen LogP contribution in [0.5, 0.6) is 0 Å². The monoisotopic (exact) mass is 838 g/mol. The Hall–Kier alpha value is -8.72. The van der Waals surface area contributed by atoms with Crippen molar-refractivity contribution in [2.45, 2.75) is 0 Å². The molecule has 0 aliphatic heterocycles. The normalized spacial score (nSPS) is 11.6. The second-order valence-corrected chi connectivity index (χ2v) is 17.2. The van der Waals surface area contributed by atoms with Crippen molar-refractivity contribution in [2.75, 3.05) is 4.90 Å². The fourth-order valence-electron chi connectivity index (χ4n) is 10.5. The lowest BCUT2D eigenvalue weighted by atomic mass is 9.85. The van der Waals surface area contributed by atoms with Gasteiger partial charge in [0.15, 0.2) is 0 Å². The molecule has 0 aliphatic carbocycles. The number of hydrogen-bond donors (Lipinski definition) is 0. The average molecular weight is 839 g/mol. The summed E-state index contributed by atoms with van der Waals surface area (Å²) in [6.45, 7) is 0. The van der Waals surface area contributed by atoms with Gasteiger partial charge in [-0.2, -0.15) is 0 Å². The van der Waals surface area contributed by atoms with Crippen LogP contribution in [0.25, 0.3) is 104 Å². The Kier molecular flexibility index (Phi) is 8.89. The first kappa shape index (κ1) is 37.8. The molecule has 0 unspecified atom stereocenters. The molecule has 0 saturated heterocycles. The quantitative estimate of drug-likeness (QED) is 0.145. The van der Waals surface area contributed by atoms with Crippen LogP contribution < -0.4 is 4.90 Å². The molecule has 0 bridgehead atoms. The summed E-state index contributed by atoms with van der Waals surface area (Å²) in [5.41, 5.74) is 14.2. The number of rotatable bonds is 7. The van der Waals surface area contributed by atoms with Crippen LogP contribution in [0.3, 0.4) is 0 Å². The van der Waals surface area contributed by atoms with Gasteiger partial charge in [-0.25, -0.2) is 0 Å². The molecule has 12 aromatic carbocycles. The van der Waals surface area contributed by atoms with Gasteiger partial charge >= 0.3 is 0 Å². The zero-order valence-corrected chi connectivity index (χ0v) is 36.1. The minimum Gasteiger partial charge on any atom is -0.310 e. The van der Waals surface area contributed by atoms with E-state index in [0.717, 1.165) is 22.7 Å². The van der Waals surface area contributed by atoms with E-state index in [4.69, 9.17) is 0 Å². The highest BCUT2D eigenvalue weighted by molar-refractivity contribution is 6.23. The summed E-state index contributed by atoms with van der Waals surface area (Å²) in [6, 6.07) is 93.3. The molecule has 2 nitrogen and oxygen atoms in total. The zero-order valence-electron chi connectivity index (χ0n) is 36.1. The lowest BCUT2D eigenvalue weighted by molar-refractivity contribution is 1.18. The standard InChI is InChI=1S/C64H42N2/c1-2-19-49(20-3-1)66-61-28-13-12-22-54(61)60-42-52(39-40-62(60)66)65(50-35-31-44(32-36-50)48-30-29-43-15-4-5-17-47(43)41-48)51-37-33-46(34-38-51)63-56-23-8-10-25-58(56)64(59-26-11-9-24-57(59)63)55-27-14-18-45-16-6-7-21-53(45)55/h1-42H. The highest BCUT2D eigenvalue weighted by atomic mass is 15.1. The Bertz CT molecular complexity index is 3910. The summed E-state index contributed by atoms with van der Waals surface area (Å²) >= 11 is 0. The summed E-state index contributed by atoms with van der Waals surface area (Å²) in [6.07, 6.45) is 0. The predicted octanol–water partition coefficient (Wildman–Crippen LogP) is 17.9. The van der Waals surface area contributed by atoms with E-state index in [-0.39, 0.29) is 0 Å². The summed E-state index contributed by atoms with van der Waals surface area (Å²) in [5, 5.41) is 12.4. The minimum atomic E-state index is 1.09. The highest BCUT2D eigenvalue weighted by Crippen LogP contribution is 2.47. The number of fused-ring (bicyclic) bond motifs is 7. The molecule has 0 atom stereocenters. The van der Waals surface area contributed by atoms with E-state index in [2.05, 4.69) is 264 Å². The van der Waals surface area contributed by atoms with Crippen molar-refractivity contribution in [1.82, 2.24) is 4.57 Å². The van der Waals surface area contributed by atoms with Crippen LogP contribution in [0.1, 0.15) is 0 Å². The van der Waals surface area contributed by atoms with Crippen LogP contribution in [0.15, 0.2) is 255 Å². The van der Waals surface area contributed by atoms with E-state index < -0.39 is 0 Å². The van der Waals surface area contributed by atoms with E-state index >= 15 is 0 Å². The topological polar surface area (TPSA) is 8.17 Å². The number of hydrogen-bond acceptors (Lipinski definition) is 1. The third kappa shape index (κ3) is 6.18. The second kappa shape index (κ2) is 15.5. The van der Waals surface area contributed by atoms with Gasteiger partial charge in [-0.15, -0.1) is 0 Å². The van der Waals surface area contributed by atoms with Crippen LogP contribution >= 0.6 is 0 Å². The summed E-state index contributed by atoms with van der Waals surface area (Å²) in [4.78, 5) is 2.40. The summed E-state index contributed by atoms with van der Waals surface area (Å²) < 4.78 is 2.38. The Morgan fingerprint density at radius 2 is 0.758 bits per heavy atom. The van der Waals surface area contributed by atoms with E-state index in [1.165, 1.54) is 98.3 Å². The first-order chi connectivity index (χ1) is 32.7. The van der Waals surface area contributed by atoms with E-state index in [1.54, 1.807) is 0 Å². The number of para-hydroxylation sites is 2.